The van der Waals surface area contributed by atoms with Crippen LogP contribution in [-0.4, -0.2) is 32.4 Å². The molecule has 0 aliphatic rings. The molecule has 2 heterocycles. The summed E-state index contributed by atoms with van der Waals surface area (Å²) in [5, 5.41) is 11.9. The highest BCUT2D eigenvalue weighted by Gasteiger charge is 2.24. The zero-order valence-electron chi connectivity index (χ0n) is 17.2. The van der Waals surface area contributed by atoms with E-state index < -0.39 is 29.6 Å². The van der Waals surface area contributed by atoms with Crippen molar-refractivity contribution in [3.8, 4) is 5.75 Å². The van der Waals surface area contributed by atoms with Crippen molar-refractivity contribution in [3.05, 3.63) is 65.1 Å². The Hall–Kier alpha value is -3.49. The maximum atomic E-state index is 13.9. The lowest BCUT2D eigenvalue weighted by molar-refractivity contribution is -0.139. The smallest absolute Gasteiger partial charge is 0.326 e. The van der Waals surface area contributed by atoms with Gasteiger partial charge in [-0.15, -0.1) is 0 Å². The van der Waals surface area contributed by atoms with Crippen molar-refractivity contribution in [2.45, 2.75) is 45.8 Å². The van der Waals surface area contributed by atoms with E-state index in [4.69, 9.17) is 4.74 Å². The van der Waals surface area contributed by atoms with Gasteiger partial charge in [0.2, 0.25) is 0 Å². The van der Waals surface area contributed by atoms with E-state index in [0.29, 0.717) is 18.5 Å². The van der Waals surface area contributed by atoms with E-state index in [-0.39, 0.29) is 29.3 Å². The molecule has 7 nitrogen and oxygen atoms in total. The number of imidazole rings is 1. The fourth-order valence-corrected chi connectivity index (χ4v) is 3.25. The second-order valence-electron chi connectivity index (χ2n) is 7.11. The van der Waals surface area contributed by atoms with Crippen molar-refractivity contribution in [2.75, 3.05) is 0 Å². The van der Waals surface area contributed by atoms with Crippen LogP contribution >= 0.6 is 0 Å². The minimum absolute atomic E-state index is 0.167. The minimum Gasteiger partial charge on any atom is -0.485 e. The number of hydrogen-bond donors (Lipinski definition) is 2. The largest absolute Gasteiger partial charge is 0.485 e. The van der Waals surface area contributed by atoms with E-state index >= 15 is 0 Å². The molecule has 2 N–H and O–H groups in total. The number of aryl methyl sites for hydroxylation is 1. The van der Waals surface area contributed by atoms with Crippen LogP contribution in [0.2, 0.25) is 0 Å². The lowest BCUT2D eigenvalue weighted by Gasteiger charge is -2.14. The third kappa shape index (κ3) is 4.82. The van der Waals surface area contributed by atoms with Crippen LogP contribution in [0.15, 0.2) is 36.5 Å². The van der Waals surface area contributed by atoms with Gasteiger partial charge in [-0.1, -0.05) is 25.8 Å². The minimum atomic E-state index is -1.11. The summed E-state index contributed by atoms with van der Waals surface area (Å²) >= 11 is 0. The highest BCUT2D eigenvalue weighted by atomic mass is 19.1. The van der Waals surface area contributed by atoms with E-state index in [1.54, 1.807) is 25.3 Å². The lowest BCUT2D eigenvalue weighted by Crippen LogP contribution is -2.41. The standard InChI is InChI=1S/C22H23F2N3O4/c1-3-4-9-17(22(29)30)26-21(28)19-13(2)25-20-18(10-6-11-27(19)20)31-12-14-15(23)7-5-8-16(14)24/h5-8,10-11,17H,3-4,9,12H2,1-2H3,(H,26,28)(H,29,30). The zero-order chi connectivity index (χ0) is 22.5. The fraction of sp³-hybridized carbons (Fsp3) is 0.318. The number of benzene rings is 1. The summed E-state index contributed by atoms with van der Waals surface area (Å²) in [4.78, 5) is 28.6. The molecular weight excluding hydrogens is 408 g/mol. The van der Waals surface area contributed by atoms with Crippen molar-refractivity contribution in [3.63, 3.8) is 0 Å². The van der Waals surface area contributed by atoms with Crippen molar-refractivity contribution in [1.29, 1.82) is 0 Å². The third-order valence-corrected chi connectivity index (χ3v) is 4.89. The Morgan fingerprint density at radius 3 is 2.58 bits per heavy atom. The molecule has 0 fully saturated rings. The normalized spacial score (nSPS) is 12.0. The number of rotatable bonds is 9. The van der Waals surface area contributed by atoms with Crippen LogP contribution in [0.5, 0.6) is 5.75 Å². The van der Waals surface area contributed by atoms with Gasteiger partial charge < -0.3 is 15.2 Å². The molecule has 0 radical (unpaired) electrons. The number of nitrogens with zero attached hydrogens (tertiary/aromatic N) is 2. The molecule has 31 heavy (non-hydrogen) atoms. The Morgan fingerprint density at radius 2 is 1.94 bits per heavy atom. The Labute approximate surface area is 177 Å². The number of fused-ring (bicyclic) bond motifs is 1. The number of nitrogens with one attached hydrogen (secondary N) is 1. The SMILES string of the molecule is CCCCC(NC(=O)c1c(C)nc2c(OCc3c(F)cccc3F)cccn12)C(=O)O. The average molecular weight is 431 g/mol. The highest BCUT2D eigenvalue weighted by Crippen LogP contribution is 2.24. The maximum absolute atomic E-state index is 13.9. The molecule has 1 unspecified atom stereocenters. The summed E-state index contributed by atoms with van der Waals surface area (Å²) in [5.41, 5.74) is 0.596. The van der Waals surface area contributed by atoms with Crippen LogP contribution in [0, 0.1) is 18.6 Å². The third-order valence-electron chi connectivity index (χ3n) is 4.89. The molecule has 2 aromatic heterocycles. The Bertz CT molecular complexity index is 1090. The lowest BCUT2D eigenvalue weighted by atomic mass is 10.1. The van der Waals surface area contributed by atoms with Gasteiger partial charge in [-0.2, -0.15) is 0 Å². The number of aromatic nitrogens is 2. The first-order chi connectivity index (χ1) is 14.8. The molecule has 0 bridgehead atoms. The van der Waals surface area contributed by atoms with Gasteiger partial charge in [-0.3, -0.25) is 9.20 Å². The van der Waals surface area contributed by atoms with Gasteiger partial charge in [0.1, 0.15) is 30.0 Å². The molecule has 9 heteroatoms. The topological polar surface area (TPSA) is 92.9 Å². The molecule has 3 rings (SSSR count). The predicted octanol–water partition coefficient (Wildman–Crippen LogP) is 3.87. The highest BCUT2D eigenvalue weighted by molar-refractivity contribution is 5.97. The fourth-order valence-electron chi connectivity index (χ4n) is 3.25. The number of carbonyl (C=O) groups excluding carboxylic acids is 1. The number of aliphatic carboxylic acids is 1. The van der Waals surface area contributed by atoms with E-state index in [1.165, 1.54) is 10.5 Å². The van der Waals surface area contributed by atoms with Gasteiger partial charge in [0, 0.05) is 6.20 Å². The number of carbonyl (C=O) groups is 2. The molecule has 0 spiro atoms. The van der Waals surface area contributed by atoms with Crippen LogP contribution in [0.1, 0.15) is 47.9 Å². The van der Waals surface area contributed by atoms with Gasteiger partial charge in [0.25, 0.3) is 5.91 Å². The molecule has 3 aromatic rings. The van der Waals surface area contributed by atoms with E-state index in [0.717, 1.165) is 18.6 Å². The van der Waals surface area contributed by atoms with Gasteiger partial charge in [-0.25, -0.2) is 18.6 Å². The van der Waals surface area contributed by atoms with Crippen molar-refractivity contribution >= 4 is 17.5 Å². The molecule has 1 aromatic carbocycles. The second kappa shape index (κ2) is 9.55. The summed E-state index contributed by atoms with van der Waals surface area (Å²) in [6, 6.07) is 5.71. The summed E-state index contributed by atoms with van der Waals surface area (Å²) in [6.07, 6.45) is 3.37. The molecule has 0 saturated heterocycles. The Kier molecular flexibility index (Phi) is 6.84. The first kappa shape index (κ1) is 22.2. The number of hydrogen-bond acceptors (Lipinski definition) is 4. The van der Waals surface area contributed by atoms with Crippen LogP contribution in [0.4, 0.5) is 8.78 Å². The number of amides is 1. The molecule has 1 amide bonds. The summed E-state index contributed by atoms with van der Waals surface area (Å²) in [6.45, 7) is 3.19. The molecule has 164 valence electrons. The van der Waals surface area contributed by atoms with Gasteiger partial charge in [-0.05, 0) is 37.6 Å². The van der Waals surface area contributed by atoms with Crippen molar-refractivity contribution < 1.29 is 28.2 Å². The number of carboxylic acids is 1. The molecule has 0 aliphatic carbocycles. The molecule has 0 saturated carbocycles. The number of ether oxygens (including phenoxy) is 1. The molecular formula is C22H23F2N3O4. The number of halogens is 2. The van der Waals surface area contributed by atoms with Crippen LogP contribution in [-0.2, 0) is 11.4 Å². The van der Waals surface area contributed by atoms with E-state index in [1.807, 2.05) is 6.92 Å². The van der Waals surface area contributed by atoms with Gasteiger partial charge in [0.05, 0.1) is 11.3 Å². The first-order valence-corrected chi connectivity index (χ1v) is 9.90. The average Bonchev–Trinajstić information content (AvgIpc) is 3.07. The summed E-state index contributed by atoms with van der Waals surface area (Å²) in [5.74, 6) is -2.90. The second-order valence-corrected chi connectivity index (χ2v) is 7.11. The number of carboxylic acid groups (broad SMARTS) is 1. The quantitative estimate of drug-likeness (QED) is 0.537. The van der Waals surface area contributed by atoms with Gasteiger partial charge in [0.15, 0.2) is 11.4 Å². The van der Waals surface area contributed by atoms with E-state index in [9.17, 15) is 23.5 Å². The Balaban J connectivity index is 1.87. The van der Waals surface area contributed by atoms with Crippen LogP contribution < -0.4 is 10.1 Å². The first-order valence-electron chi connectivity index (χ1n) is 9.90. The monoisotopic (exact) mass is 431 g/mol. The maximum Gasteiger partial charge on any atom is 0.326 e. The van der Waals surface area contributed by atoms with Crippen molar-refractivity contribution in [1.82, 2.24) is 14.7 Å². The predicted molar refractivity (Wildman–Crippen MR) is 109 cm³/mol. The summed E-state index contributed by atoms with van der Waals surface area (Å²) in [7, 11) is 0. The number of pyridine rings is 1. The molecule has 0 aliphatic heterocycles. The zero-order valence-corrected chi connectivity index (χ0v) is 17.2. The van der Waals surface area contributed by atoms with E-state index in [2.05, 4.69) is 10.3 Å². The van der Waals surface area contributed by atoms with Crippen molar-refractivity contribution in [2.24, 2.45) is 0 Å². The summed E-state index contributed by atoms with van der Waals surface area (Å²) < 4.78 is 34.8. The number of unbranched alkanes of at least 4 members (excludes halogenated alkanes) is 1. The molecule has 1 atom stereocenters. The van der Waals surface area contributed by atoms with Crippen LogP contribution in [0.25, 0.3) is 5.65 Å². The van der Waals surface area contributed by atoms with Crippen LogP contribution in [0.3, 0.4) is 0 Å². The Morgan fingerprint density at radius 1 is 1.23 bits per heavy atom. The van der Waals surface area contributed by atoms with Gasteiger partial charge >= 0.3 is 5.97 Å².